The lowest BCUT2D eigenvalue weighted by molar-refractivity contribution is -0.146. The number of nitrogens with one attached hydrogen (secondary N) is 1. The number of aliphatic carboxylic acids is 1. The molecule has 0 aliphatic carbocycles. The summed E-state index contributed by atoms with van der Waals surface area (Å²) in [4.78, 5) is 10.9. The fourth-order valence-electron chi connectivity index (χ4n) is 1.02. The van der Waals surface area contributed by atoms with E-state index in [1.807, 2.05) is 18.2 Å². The molecule has 0 aliphatic heterocycles. The van der Waals surface area contributed by atoms with Gasteiger partial charge in [-0.1, -0.05) is 11.6 Å². The van der Waals surface area contributed by atoms with Crippen LogP contribution in [0.4, 0.5) is 5.69 Å². The van der Waals surface area contributed by atoms with Gasteiger partial charge in [-0.05, 0) is 54.6 Å². The molecule has 0 radical (unpaired) electrons. The van der Waals surface area contributed by atoms with Crippen LogP contribution in [0.3, 0.4) is 0 Å². The van der Waals surface area contributed by atoms with E-state index in [2.05, 4.69) is 27.9 Å². The molecule has 0 unspecified atom stereocenters. The number of carboxylic acid groups (broad SMARTS) is 1. The largest absolute Gasteiger partial charge is 0.481 e. The first kappa shape index (κ1) is 13.6. The molecule has 0 aliphatic rings. The molecule has 16 heavy (non-hydrogen) atoms. The van der Waals surface area contributed by atoms with Crippen LogP contribution >= 0.6 is 34.2 Å². The zero-order chi connectivity index (χ0) is 12.3. The highest BCUT2D eigenvalue weighted by Gasteiger charge is 2.26. The Morgan fingerprint density at radius 2 is 2.19 bits per heavy atom. The molecule has 0 saturated heterocycles. The number of rotatable bonds is 4. The quantitative estimate of drug-likeness (QED) is 0.815. The van der Waals surface area contributed by atoms with Gasteiger partial charge in [0.2, 0.25) is 0 Å². The lowest BCUT2D eigenvalue weighted by atomic mass is 9.94. The van der Waals surface area contributed by atoms with Gasteiger partial charge in [0.05, 0.1) is 16.1 Å². The lowest BCUT2D eigenvalue weighted by Crippen LogP contribution is -2.31. The minimum absolute atomic E-state index is 0.336. The highest BCUT2D eigenvalue weighted by molar-refractivity contribution is 14.1. The standard InChI is InChI=1S/C11H13ClINO2/c1-11(2,10(15)16)6-14-9-4-3-7(13)5-8(9)12/h3-5,14H,6H2,1-2H3,(H,15,16). The van der Waals surface area contributed by atoms with Gasteiger partial charge < -0.3 is 10.4 Å². The van der Waals surface area contributed by atoms with E-state index in [9.17, 15) is 4.79 Å². The van der Waals surface area contributed by atoms with E-state index in [-0.39, 0.29) is 0 Å². The van der Waals surface area contributed by atoms with Crippen molar-refractivity contribution in [2.24, 2.45) is 5.41 Å². The van der Waals surface area contributed by atoms with E-state index in [4.69, 9.17) is 16.7 Å². The predicted molar refractivity (Wildman–Crippen MR) is 74.1 cm³/mol. The van der Waals surface area contributed by atoms with Gasteiger partial charge in [-0.25, -0.2) is 0 Å². The maximum atomic E-state index is 10.9. The molecule has 5 heteroatoms. The Labute approximate surface area is 113 Å². The highest BCUT2D eigenvalue weighted by Crippen LogP contribution is 2.25. The van der Waals surface area contributed by atoms with E-state index >= 15 is 0 Å². The molecule has 0 bridgehead atoms. The molecular weight excluding hydrogens is 340 g/mol. The summed E-state index contributed by atoms with van der Waals surface area (Å²) in [7, 11) is 0. The second-order valence-electron chi connectivity index (χ2n) is 4.17. The fourth-order valence-corrected chi connectivity index (χ4v) is 1.95. The SMILES string of the molecule is CC(C)(CNc1ccc(I)cc1Cl)C(=O)O. The van der Waals surface area contributed by atoms with Crippen LogP contribution in [-0.4, -0.2) is 17.6 Å². The Hall–Kier alpha value is -0.490. The van der Waals surface area contributed by atoms with Gasteiger partial charge in [0.1, 0.15) is 0 Å². The van der Waals surface area contributed by atoms with Crippen LogP contribution in [0, 0.1) is 8.99 Å². The molecule has 0 atom stereocenters. The third-order valence-corrected chi connectivity index (χ3v) is 3.21. The zero-order valence-corrected chi connectivity index (χ0v) is 12.0. The monoisotopic (exact) mass is 353 g/mol. The summed E-state index contributed by atoms with van der Waals surface area (Å²) >= 11 is 8.19. The summed E-state index contributed by atoms with van der Waals surface area (Å²) in [5, 5.41) is 12.6. The maximum absolute atomic E-state index is 10.9. The summed E-state index contributed by atoms with van der Waals surface area (Å²) in [6.07, 6.45) is 0. The predicted octanol–water partition coefficient (Wildman–Crippen LogP) is 3.47. The van der Waals surface area contributed by atoms with Crippen molar-refractivity contribution in [2.45, 2.75) is 13.8 Å². The second kappa shape index (κ2) is 5.23. The average molecular weight is 354 g/mol. The third-order valence-electron chi connectivity index (χ3n) is 2.23. The van der Waals surface area contributed by atoms with E-state index < -0.39 is 11.4 Å². The minimum atomic E-state index is -0.832. The van der Waals surface area contributed by atoms with Crippen molar-refractivity contribution in [2.75, 3.05) is 11.9 Å². The van der Waals surface area contributed by atoms with Crippen molar-refractivity contribution in [1.82, 2.24) is 0 Å². The molecule has 0 saturated carbocycles. The number of benzene rings is 1. The summed E-state index contributed by atoms with van der Waals surface area (Å²) in [5.41, 5.74) is -0.0526. The van der Waals surface area contributed by atoms with E-state index in [1.165, 1.54) is 0 Å². The number of hydrogen-bond donors (Lipinski definition) is 2. The minimum Gasteiger partial charge on any atom is -0.481 e. The Bertz CT molecular complexity index is 407. The normalized spacial score (nSPS) is 11.2. The van der Waals surface area contributed by atoms with Crippen molar-refractivity contribution < 1.29 is 9.90 Å². The van der Waals surface area contributed by atoms with E-state index in [0.29, 0.717) is 11.6 Å². The number of halogens is 2. The molecular formula is C11H13ClINO2. The molecule has 0 aromatic heterocycles. The van der Waals surface area contributed by atoms with Crippen molar-refractivity contribution in [1.29, 1.82) is 0 Å². The third kappa shape index (κ3) is 3.52. The number of carbonyl (C=O) groups is 1. The fraction of sp³-hybridized carbons (Fsp3) is 0.364. The Morgan fingerprint density at radius 1 is 1.56 bits per heavy atom. The van der Waals surface area contributed by atoms with Crippen molar-refractivity contribution in [3.8, 4) is 0 Å². The van der Waals surface area contributed by atoms with Crippen molar-refractivity contribution in [3.63, 3.8) is 0 Å². The molecule has 0 fully saturated rings. The number of carboxylic acids is 1. The van der Waals surface area contributed by atoms with Gasteiger partial charge in [0.15, 0.2) is 0 Å². The topological polar surface area (TPSA) is 49.3 Å². The molecule has 88 valence electrons. The Balaban J connectivity index is 2.72. The van der Waals surface area contributed by atoms with Crippen LogP contribution in [0.15, 0.2) is 18.2 Å². The molecule has 1 rings (SSSR count). The van der Waals surface area contributed by atoms with Crippen LogP contribution < -0.4 is 5.32 Å². The van der Waals surface area contributed by atoms with E-state index in [1.54, 1.807) is 13.8 Å². The number of hydrogen-bond acceptors (Lipinski definition) is 2. The maximum Gasteiger partial charge on any atom is 0.310 e. The molecule has 2 N–H and O–H groups in total. The first-order valence-corrected chi connectivity index (χ1v) is 6.21. The summed E-state index contributed by atoms with van der Waals surface area (Å²) in [6, 6.07) is 5.60. The second-order valence-corrected chi connectivity index (χ2v) is 5.82. The van der Waals surface area contributed by atoms with Gasteiger partial charge in [0.25, 0.3) is 0 Å². The summed E-state index contributed by atoms with van der Waals surface area (Å²) < 4.78 is 1.05. The van der Waals surface area contributed by atoms with Crippen LogP contribution in [0.2, 0.25) is 5.02 Å². The lowest BCUT2D eigenvalue weighted by Gasteiger charge is -2.20. The number of anilines is 1. The molecule has 3 nitrogen and oxygen atoms in total. The summed E-state index contributed by atoms with van der Waals surface area (Å²) in [5.74, 6) is -0.832. The molecule has 1 aromatic rings. The summed E-state index contributed by atoms with van der Waals surface area (Å²) in [6.45, 7) is 3.68. The van der Waals surface area contributed by atoms with Crippen LogP contribution in [0.5, 0.6) is 0 Å². The van der Waals surface area contributed by atoms with Crippen molar-refractivity contribution in [3.05, 3.63) is 26.8 Å². The van der Waals surface area contributed by atoms with Gasteiger partial charge in [-0.15, -0.1) is 0 Å². The van der Waals surface area contributed by atoms with Gasteiger partial charge >= 0.3 is 5.97 Å². The van der Waals surface area contributed by atoms with Gasteiger partial charge in [0, 0.05) is 10.1 Å². The van der Waals surface area contributed by atoms with Crippen LogP contribution in [0.1, 0.15) is 13.8 Å². The molecule has 0 heterocycles. The first-order valence-electron chi connectivity index (χ1n) is 4.75. The average Bonchev–Trinajstić information content (AvgIpc) is 2.16. The molecule has 0 spiro atoms. The van der Waals surface area contributed by atoms with Crippen LogP contribution in [-0.2, 0) is 4.79 Å². The van der Waals surface area contributed by atoms with Gasteiger partial charge in [-0.3, -0.25) is 4.79 Å². The van der Waals surface area contributed by atoms with E-state index in [0.717, 1.165) is 9.26 Å². The Kier molecular flexibility index (Phi) is 4.43. The van der Waals surface area contributed by atoms with Crippen molar-refractivity contribution >= 4 is 45.8 Å². The smallest absolute Gasteiger partial charge is 0.310 e. The highest BCUT2D eigenvalue weighted by atomic mass is 127. The van der Waals surface area contributed by atoms with Crippen LogP contribution in [0.25, 0.3) is 0 Å². The van der Waals surface area contributed by atoms with Gasteiger partial charge in [-0.2, -0.15) is 0 Å². The molecule has 0 amide bonds. The Morgan fingerprint density at radius 3 is 2.69 bits per heavy atom. The zero-order valence-electron chi connectivity index (χ0n) is 9.05. The molecule has 1 aromatic carbocycles. The first-order chi connectivity index (χ1) is 7.33.